The Bertz CT molecular complexity index is 970. The summed E-state index contributed by atoms with van der Waals surface area (Å²) in [5.41, 5.74) is -1.07. The molecule has 0 bridgehead atoms. The first-order valence-corrected chi connectivity index (χ1v) is 7.60. The van der Waals surface area contributed by atoms with Crippen molar-refractivity contribution in [1.82, 2.24) is 0 Å². The smallest absolute Gasteiger partial charge is 0.348 e. The fourth-order valence-electron chi connectivity index (χ4n) is 2.95. The number of hydrogen-bond donors (Lipinski definition) is 2. The third kappa shape index (κ3) is 2.42. The molecule has 0 amide bonds. The Morgan fingerprint density at radius 2 is 1.92 bits per heavy atom. The maximum Gasteiger partial charge on any atom is 0.348 e. The van der Waals surface area contributed by atoms with Gasteiger partial charge in [0.2, 0.25) is 12.0 Å². The van der Waals surface area contributed by atoms with Crippen LogP contribution in [0.5, 0.6) is 23.0 Å². The molecule has 1 aliphatic heterocycles. The van der Waals surface area contributed by atoms with Crippen molar-refractivity contribution in [3.63, 3.8) is 0 Å². The molecule has 8 nitrogen and oxygen atoms in total. The fourth-order valence-corrected chi connectivity index (χ4v) is 2.95. The molecular formula is C18H16O8. The van der Waals surface area contributed by atoms with Crippen LogP contribution in [0.3, 0.4) is 0 Å². The number of aldehydes is 1. The minimum absolute atomic E-state index is 0.0632. The number of allylic oxidation sites excluding steroid dienone is 1. The van der Waals surface area contributed by atoms with Gasteiger partial charge in [-0.25, -0.2) is 4.79 Å². The molecule has 1 aromatic heterocycles. The zero-order valence-corrected chi connectivity index (χ0v) is 14.2. The van der Waals surface area contributed by atoms with Gasteiger partial charge in [-0.3, -0.25) is 4.79 Å². The molecule has 2 heterocycles. The second kappa shape index (κ2) is 6.57. The average molecular weight is 360 g/mol. The van der Waals surface area contributed by atoms with Crippen molar-refractivity contribution >= 4 is 12.4 Å². The Balaban J connectivity index is 2.46. The molecule has 1 atom stereocenters. The predicted octanol–water partition coefficient (Wildman–Crippen LogP) is 2.61. The highest BCUT2D eigenvalue weighted by Gasteiger charge is 2.38. The van der Waals surface area contributed by atoms with Crippen LogP contribution in [0.25, 0.3) is 17.2 Å². The summed E-state index contributed by atoms with van der Waals surface area (Å²) >= 11 is 0. The average Bonchev–Trinajstić information content (AvgIpc) is 2.63. The van der Waals surface area contributed by atoms with Gasteiger partial charge in [-0.15, -0.1) is 0 Å². The standard InChI is InChI=1S/C18H16O8/c1-4-5-8-6-10-12(17(22)25-8)13-11(18(24-3)26-10)9(7-19)16(23-2)15(21)14(13)20/h4-7,18,20-21H,1-3H3/t18-/m0/s1. The van der Waals surface area contributed by atoms with Crippen molar-refractivity contribution < 1.29 is 33.6 Å². The van der Waals surface area contributed by atoms with Crippen molar-refractivity contribution in [2.24, 2.45) is 0 Å². The van der Waals surface area contributed by atoms with Gasteiger partial charge in [-0.05, 0) is 13.0 Å². The lowest BCUT2D eigenvalue weighted by Crippen LogP contribution is -2.22. The first kappa shape index (κ1) is 17.6. The molecule has 0 saturated carbocycles. The quantitative estimate of drug-likeness (QED) is 0.631. The second-order valence-electron chi connectivity index (χ2n) is 5.41. The van der Waals surface area contributed by atoms with Gasteiger partial charge in [0, 0.05) is 24.3 Å². The summed E-state index contributed by atoms with van der Waals surface area (Å²) in [6.07, 6.45) is 2.55. The largest absolute Gasteiger partial charge is 0.504 e. The van der Waals surface area contributed by atoms with Crippen LogP contribution in [-0.4, -0.2) is 30.7 Å². The monoisotopic (exact) mass is 360 g/mol. The van der Waals surface area contributed by atoms with Crippen molar-refractivity contribution in [3.05, 3.63) is 39.4 Å². The number of carbonyl (C=O) groups excluding carboxylic acids is 1. The van der Waals surface area contributed by atoms with Crippen LogP contribution >= 0.6 is 0 Å². The van der Waals surface area contributed by atoms with E-state index in [4.69, 9.17) is 18.6 Å². The van der Waals surface area contributed by atoms with Crippen LogP contribution in [0.15, 0.2) is 21.4 Å². The molecule has 0 radical (unpaired) electrons. The van der Waals surface area contributed by atoms with E-state index >= 15 is 0 Å². The molecule has 0 aliphatic carbocycles. The first-order valence-electron chi connectivity index (χ1n) is 7.60. The van der Waals surface area contributed by atoms with Crippen molar-refractivity contribution in [1.29, 1.82) is 0 Å². The molecule has 0 spiro atoms. The van der Waals surface area contributed by atoms with Crippen LogP contribution in [0.4, 0.5) is 0 Å². The molecule has 0 unspecified atom stereocenters. The lowest BCUT2D eigenvalue weighted by molar-refractivity contribution is -0.0587. The van der Waals surface area contributed by atoms with E-state index in [2.05, 4.69) is 0 Å². The zero-order chi connectivity index (χ0) is 19.0. The van der Waals surface area contributed by atoms with Crippen LogP contribution in [0, 0.1) is 0 Å². The molecule has 3 rings (SSSR count). The topological polar surface area (TPSA) is 115 Å². The molecule has 1 aliphatic rings. The molecule has 2 N–H and O–H groups in total. The number of hydrogen-bond acceptors (Lipinski definition) is 8. The maximum atomic E-state index is 12.5. The summed E-state index contributed by atoms with van der Waals surface area (Å²) in [7, 11) is 2.56. The number of carbonyl (C=O) groups is 1. The van der Waals surface area contributed by atoms with Gasteiger partial charge in [0.15, 0.2) is 17.8 Å². The van der Waals surface area contributed by atoms with Crippen molar-refractivity contribution in [2.75, 3.05) is 14.2 Å². The van der Waals surface area contributed by atoms with Crippen LogP contribution in [-0.2, 0) is 4.74 Å². The number of benzene rings is 1. The Labute approximate surface area is 147 Å². The number of rotatable bonds is 4. The summed E-state index contributed by atoms with van der Waals surface area (Å²) in [5, 5.41) is 20.7. The van der Waals surface area contributed by atoms with E-state index in [0.29, 0.717) is 6.29 Å². The lowest BCUT2D eigenvalue weighted by Gasteiger charge is -2.29. The van der Waals surface area contributed by atoms with E-state index in [9.17, 15) is 19.8 Å². The molecule has 1 aromatic carbocycles. The lowest BCUT2D eigenvalue weighted by atomic mass is 9.91. The Hall–Kier alpha value is -3.26. The van der Waals surface area contributed by atoms with Gasteiger partial charge in [0.1, 0.15) is 17.1 Å². The number of fused-ring (bicyclic) bond motifs is 3. The maximum absolute atomic E-state index is 12.5. The van der Waals surface area contributed by atoms with Gasteiger partial charge in [-0.1, -0.05) is 6.08 Å². The van der Waals surface area contributed by atoms with Crippen LogP contribution < -0.4 is 15.1 Å². The van der Waals surface area contributed by atoms with Gasteiger partial charge in [0.25, 0.3) is 0 Å². The highest BCUT2D eigenvalue weighted by atomic mass is 16.7. The van der Waals surface area contributed by atoms with Gasteiger partial charge < -0.3 is 28.8 Å². The minimum atomic E-state index is -1.11. The van der Waals surface area contributed by atoms with E-state index in [1.807, 2.05) is 0 Å². The summed E-state index contributed by atoms with van der Waals surface area (Å²) < 4.78 is 21.2. The van der Waals surface area contributed by atoms with E-state index in [-0.39, 0.29) is 39.5 Å². The summed E-state index contributed by atoms with van der Waals surface area (Å²) in [4.78, 5) is 24.1. The second-order valence-corrected chi connectivity index (χ2v) is 5.41. The minimum Gasteiger partial charge on any atom is -0.504 e. The molecule has 0 fully saturated rings. The number of methoxy groups -OCH3 is 2. The van der Waals surface area contributed by atoms with Crippen molar-refractivity contribution in [2.45, 2.75) is 13.2 Å². The molecule has 0 saturated heterocycles. The number of phenolic OH excluding ortho intramolecular Hbond substituents is 2. The van der Waals surface area contributed by atoms with Gasteiger partial charge in [0.05, 0.1) is 12.7 Å². The highest BCUT2D eigenvalue weighted by molar-refractivity contribution is 5.94. The van der Waals surface area contributed by atoms with Gasteiger partial charge in [-0.2, -0.15) is 0 Å². The Morgan fingerprint density at radius 3 is 2.50 bits per heavy atom. The SMILES string of the molecule is CC=Cc1cc2c(c(=O)o1)-c1c(O)c(O)c(OC)c(C=O)c1[C@@H](OC)O2. The van der Waals surface area contributed by atoms with Crippen LogP contribution in [0.1, 0.15) is 34.9 Å². The highest BCUT2D eigenvalue weighted by Crippen LogP contribution is 2.53. The predicted molar refractivity (Wildman–Crippen MR) is 90.8 cm³/mol. The van der Waals surface area contributed by atoms with Gasteiger partial charge >= 0.3 is 5.63 Å². The van der Waals surface area contributed by atoms with E-state index < -0.39 is 23.4 Å². The molecule has 2 aromatic rings. The Kier molecular flexibility index (Phi) is 4.43. The molecular weight excluding hydrogens is 344 g/mol. The number of aromatic hydroxyl groups is 2. The van der Waals surface area contributed by atoms with Crippen molar-refractivity contribution in [3.8, 4) is 34.1 Å². The summed E-state index contributed by atoms with van der Waals surface area (Å²) in [6, 6.07) is 1.45. The number of ether oxygens (including phenoxy) is 3. The zero-order valence-electron chi connectivity index (χ0n) is 14.2. The molecule has 8 heteroatoms. The molecule has 136 valence electrons. The fraction of sp³-hybridized carbons (Fsp3) is 0.222. The summed E-state index contributed by atoms with van der Waals surface area (Å²) in [6.45, 7) is 1.75. The van der Waals surface area contributed by atoms with Crippen LogP contribution in [0.2, 0.25) is 0 Å². The van der Waals surface area contributed by atoms with E-state index in [1.54, 1.807) is 19.1 Å². The third-order valence-electron chi connectivity index (χ3n) is 4.00. The molecule has 26 heavy (non-hydrogen) atoms. The van der Waals surface area contributed by atoms with E-state index in [1.165, 1.54) is 20.3 Å². The first-order chi connectivity index (χ1) is 12.5. The third-order valence-corrected chi connectivity index (χ3v) is 4.00. The normalized spacial score (nSPS) is 15.3. The number of phenols is 2. The summed E-state index contributed by atoms with van der Waals surface area (Å²) in [5.74, 6) is -1.24. The van der Waals surface area contributed by atoms with E-state index in [0.717, 1.165) is 0 Å². The Morgan fingerprint density at radius 1 is 1.19 bits per heavy atom.